The van der Waals surface area contributed by atoms with Gasteiger partial charge < -0.3 is 15.4 Å². The average molecular weight is 275 g/mol. The molecule has 0 saturated carbocycles. The maximum atomic E-state index is 6.05. The molecule has 2 rings (SSSR count). The van der Waals surface area contributed by atoms with Gasteiger partial charge in [0, 0.05) is 25.6 Å². The quantitative estimate of drug-likeness (QED) is 0.658. The van der Waals surface area contributed by atoms with Gasteiger partial charge >= 0.3 is 0 Å². The number of nitrogens with one attached hydrogen (secondary N) is 2. The van der Waals surface area contributed by atoms with E-state index in [0.717, 1.165) is 31.1 Å². The van der Waals surface area contributed by atoms with Crippen LogP contribution in [-0.2, 0) is 0 Å². The first-order chi connectivity index (χ1) is 9.55. The number of hydrogen-bond acceptors (Lipinski definition) is 2. The van der Waals surface area contributed by atoms with E-state index in [0.29, 0.717) is 0 Å². The molecule has 0 spiro atoms. The van der Waals surface area contributed by atoms with E-state index < -0.39 is 0 Å². The molecule has 1 aromatic carbocycles. The van der Waals surface area contributed by atoms with Gasteiger partial charge in [-0.25, -0.2) is 0 Å². The van der Waals surface area contributed by atoms with Crippen molar-refractivity contribution in [3.05, 3.63) is 29.8 Å². The number of hydrogen-bond donors (Lipinski definition) is 2. The molecule has 0 fully saturated rings. The summed E-state index contributed by atoms with van der Waals surface area (Å²) in [6, 6.07) is 8.44. The first-order valence-corrected chi connectivity index (χ1v) is 7.31. The highest BCUT2D eigenvalue weighted by Gasteiger charge is 2.33. The predicted octanol–water partition coefficient (Wildman–Crippen LogP) is 2.86. The van der Waals surface area contributed by atoms with Gasteiger partial charge in [0.2, 0.25) is 0 Å². The third kappa shape index (κ3) is 3.44. The van der Waals surface area contributed by atoms with E-state index in [1.54, 1.807) is 7.05 Å². The molecule has 20 heavy (non-hydrogen) atoms. The molecule has 2 N–H and O–H groups in total. The Morgan fingerprint density at radius 3 is 2.85 bits per heavy atom. The van der Waals surface area contributed by atoms with Crippen molar-refractivity contribution < 1.29 is 4.74 Å². The molecule has 1 aromatic rings. The van der Waals surface area contributed by atoms with Crippen LogP contribution in [0.25, 0.3) is 0 Å². The fourth-order valence-corrected chi connectivity index (χ4v) is 2.53. The van der Waals surface area contributed by atoms with E-state index in [2.05, 4.69) is 48.5 Å². The minimum atomic E-state index is -0.171. The number of rotatable bonds is 3. The average Bonchev–Trinajstić information content (AvgIpc) is 2.42. The molecular weight excluding hydrogens is 250 g/mol. The maximum absolute atomic E-state index is 6.05. The van der Waals surface area contributed by atoms with Crippen LogP contribution in [0, 0.1) is 0 Å². The maximum Gasteiger partial charge on any atom is 0.191 e. The Labute approximate surface area is 121 Å². The van der Waals surface area contributed by atoms with E-state index in [-0.39, 0.29) is 11.6 Å². The second-order valence-electron chi connectivity index (χ2n) is 5.80. The topological polar surface area (TPSA) is 45.7 Å². The third-order valence-electron chi connectivity index (χ3n) is 3.45. The molecule has 0 bridgehead atoms. The minimum Gasteiger partial charge on any atom is -0.487 e. The molecule has 0 aromatic heterocycles. The molecule has 0 amide bonds. The Balaban J connectivity index is 2.18. The number of guanidine groups is 1. The van der Waals surface area contributed by atoms with Crippen molar-refractivity contribution in [2.75, 3.05) is 13.6 Å². The highest BCUT2D eigenvalue weighted by Crippen LogP contribution is 2.39. The van der Waals surface area contributed by atoms with Crippen LogP contribution < -0.4 is 15.4 Å². The minimum absolute atomic E-state index is 0.171. The van der Waals surface area contributed by atoms with Gasteiger partial charge in [-0.15, -0.1) is 0 Å². The zero-order valence-electron chi connectivity index (χ0n) is 12.9. The Bertz CT molecular complexity index is 482. The van der Waals surface area contributed by atoms with Gasteiger partial charge in [-0.05, 0) is 26.3 Å². The fourth-order valence-electron chi connectivity index (χ4n) is 2.53. The highest BCUT2D eigenvalue weighted by atomic mass is 16.5. The molecule has 1 aliphatic rings. The zero-order chi connectivity index (χ0) is 14.6. The lowest BCUT2D eigenvalue weighted by Crippen LogP contribution is -2.45. The van der Waals surface area contributed by atoms with Crippen LogP contribution in [0.5, 0.6) is 5.75 Å². The van der Waals surface area contributed by atoms with Crippen molar-refractivity contribution in [2.45, 2.75) is 45.3 Å². The van der Waals surface area contributed by atoms with Crippen molar-refractivity contribution >= 4 is 5.96 Å². The van der Waals surface area contributed by atoms with Crippen molar-refractivity contribution in [3.63, 3.8) is 0 Å². The summed E-state index contributed by atoms with van der Waals surface area (Å²) in [5.41, 5.74) is 1.03. The summed E-state index contributed by atoms with van der Waals surface area (Å²) in [5, 5.41) is 6.83. The lowest BCUT2D eigenvalue weighted by Gasteiger charge is -2.38. The Kier molecular flexibility index (Phi) is 4.53. The smallest absolute Gasteiger partial charge is 0.191 e. The number of aliphatic imine (C=N–C) groups is 1. The second kappa shape index (κ2) is 6.16. The summed E-state index contributed by atoms with van der Waals surface area (Å²) in [7, 11) is 1.81. The molecule has 1 aliphatic heterocycles. The van der Waals surface area contributed by atoms with Gasteiger partial charge in [-0.1, -0.05) is 25.1 Å². The summed E-state index contributed by atoms with van der Waals surface area (Å²) in [5.74, 6) is 1.82. The van der Waals surface area contributed by atoms with Crippen LogP contribution in [0.15, 0.2) is 29.3 Å². The third-order valence-corrected chi connectivity index (χ3v) is 3.45. The van der Waals surface area contributed by atoms with Crippen molar-refractivity contribution in [2.24, 2.45) is 4.99 Å². The lowest BCUT2D eigenvalue weighted by molar-refractivity contribution is 0.0694. The summed E-state index contributed by atoms with van der Waals surface area (Å²) >= 11 is 0. The van der Waals surface area contributed by atoms with E-state index in [9.17, 15) is 0 Å². The molecule has 0 aliphatic carbocycles. The normalized spacial score (nSPS) is 20.8. The van der Waals surface area contributed by atoms with Crippen LogP contribution >= 0.6 is 0 Å². The summed E-state index contributed by atoms with van der Waals surface area (Å²) in [4.78, 5) is 4.29. The molecule has 0 saturated heterocycles. The van der Waals surface area contributed by atoms with Gasteiger partial charge in [-0.3, -0.25) is 4.99 Å². The van der Waals surface area contributed by atoms with Crippen LogP contribution in [0.1, 0.15) is 45.2 Å². The number of ether oxygens (including phenoxy) is 1. The zero-order valence-corrected chi connectivity index (χ0v) is 12.9. The van der Waals surface area contributed by atoms with Gasteiger partial charge in [-0.2, -0.15) is 0 Å². The first kappa shape index (κ1) is 14.7. The SMILES string of the molecule is CCCNC(=NC)NC1CC(C)(C)Oc2ccccc21. The monoisotopic (exact) mass is 275 g/mol. The van der Waals surface area contributed by atoms with Crippen molar-refractivity contribution in [1.29, 1.82) is 0 Å². The Hall–Kier alpha value is -1.71. The number of para-hydroxylation sites is 1. The van der Waals surface area contributed by atoms with Crippen molar-refractivity contribution in [3.8, 4) is 5.75 Å². The van der Waals surface area contributed by atoms with Crippen LogP contribution in [0.2, 0.25) is 0 Å². The molecule has 110 valence electrons. The van der Waals surface area contributed by atoms with Crippen LogP contribution in [0.4, 0.5) is 0 Å². The van der Waals surface area contributed by atoms with E-state index in [1.165, 1.54) is 5.56 Å². The summed E-state index contributed by atoms with van der Waals surface area (Å²) in [6.45, 7) is 7.32. The van der Waals surface area contributed by atoms with Crippen LogP contribution in [0.3, 0.4) is 0 Å². The Morgan fingerprint density at radius 2 is 2.15 bits per heavy atom. The predicted molar refractivity (Wildman–Crippen MR) is 83.3 cm³/mol. The molecule has 1 unspecified atom stereocenters. The molecule has 0 radical (unpaired) electrons. The highest BCUT2D eigenvalue weighted by molar-refractivity contribution is 5.80. The van der Waals surface area contributed by atoms with Gasteiger partial charge in [0.25, 0.3) is 0 Å². The molecule has 1 atom stereocenters. The summed E-state index contributed by atoms with van der Waals surface area (Å²) in [6.07, 6.45) is 1.99. The largest absolute Gasteiger partial charge is 0.487 e. The molecule has 1 heterocycles. The molecule has 4 heteroatoms. The van der Waals surface area contributed by atoms with Gasteiger partial charge in [0.15, 0.2) is 5.96 Å². The van der Waals surface area contributed by atoms with E-state index >= 15 is 0 Å². The molecular formula is C16H25N3O. The lowest BCUT2D eigenvalue weighted by atomic mass is 9.90. The fraction of sp³-hybridized carbons (Fsp3) is 0.562. The summed E-state index contributed by atoms with van der Waals surface area (Å²) < 4.78 is 6.05. The van der Waals surface area contributed by atoms with Crippen molar-refractivity contribution in [1.82, 2.24) is 10.6 Å². The van der Waals surface area contributed by atoms with Crippen LogP contribution in [-0.4, -0.2) is 25.2 Å². The first-order valence-electron chi connectivity index (χ1n) is 7.31. The number of nitrogens with zero attached hydrogens (tertiary/aromatic N) is 1. The number of benzene rings is 1. The van der Waals surface area contributed by atoms with E-state index in [4.69, 9.17) is 4.74 Å². The van der Waals surface area contributed by atoms with Gasteiger partial charge in [0.05, 0.1) is 6.04 Å². The second-order valence-corrected chi connectivity index (χ2v) is 5.80. The number of fused-ring (bicyclic) bond motifs is 1. The Morgan fingerprint density at radius 1 is 1.40 bits per heavy atom. The van der Waals surface area contributed by atoms with E-state index in [1.807, 2.05) is 12.1 Å². The van der Waals surface area contributed by atoms with Gasteiger partial charge in [0.1, 0.15) is 11.4 Å². The standard InChI is InChI=1S/C16H25N3O/c1-5-10-18-15(17-4)19-13-11-16(2,3)20-14-9-7-6-8-12(13)14/h6-9,13H,5,10-11H2,1-4H3,(H2,17,18,19). The molecule has 4 nitrogen and oxygen atoms in total.